The van der Waals surface area contributed by atoms with Crippen molar-refractivity contribution in [1.29, 1.82) is 0 Å². The topological polar surface area (TPSA) is 61.7 Å². The molecular formula is C16H27N5O2. The van der Waals surface area contributed by atoms with Crippen LogP contribution >= 0.6 is 0 Å². The average Bonchev–Trinajstić information content (AvgIpc) is 3.07. The third-order valence-corrected chi connectivity index (χ3v) is 4.36. The molecule has 1 aromatic rings. The highest BCUT2D eigenvalue weighted by atomic mass is 16.2. The smallest absolute Gasteiger partial charge is 0.227 e. The third kappa shape index (κ3) is 4.54. The van der Waals surface area contributed by atoms with Crippen LogP contribution in [-0.2, 0) is 16.1 Å². The third-order valence-electron chi connectivity index (χ3n) is 4.36. The molecule has 0 bridgehead atoms. The number of imidazole rings is 1. The Kier molecular flexibility index (Phi) is 5.76. The molecule has 0 radical (unpaired) electrons. The molecule has 1 fully saturated rings. The lowest BCUT2D eigenvalue weighted by Crippen LogP contribution is -2.37. The number of carbonyl (C=O) groups is 2. The number of rotatable bonds is 7. The van der Waals surface area contributed by atoms with Crippen LogP contribution in [0.5, 0.6) is 0 Å². The zero-order chi connectivity index (χ0) is 17.0. The Bertz CT molecular complexity index is 554. The summed E-state index contributed by atoms with van der Waals surface area (Å²) in [4.78, 5) is 34.3. The van der Waals surface area contributed by atoms with Crippen LogP contribution in [0, 0.1) is 12.8 Å². The molecule has 2 heterocycles. The van der Waals surface area contributed by atoms with Crippen molar-refractivity contribution in [3.05, 3.63) is 18.2 Å². The normalized spacial score (nSPS) is 18.0. The number of nitrogens with zero attached hydrogens (tertiary/aromatic N) is 5. The molecule has 0 N–H and O–H groups in total. The van der Waals surface area contributed by atoms with E-state index in [1.807, 2.05) is 43.7 Å². The summed E-state index contributed by atoms with van der Waals surface area (Å²) in [6.07, 6.45) is 4.01. The Morgan fingerprint density at radius 1 is 1.30 bits per heavy atom. The van der Waals surface area contributed by atoms with Gasteiger partial charge in [-0.3, -0.25) is 9.59 Å². The molecule has 1 aromatic heterocycles. The lowest BCUT2D eigenvalue weighted by molar-refractivity contribution is -0.134. The van der Waals surface area contributed by atoms with Crippen molar-refractivity contribution in [1.82, 2.24) is 24.3 Å². The van der Waals surface area contributed by atoms with Gasteiger partial charge in [-0.05, 0) is 21.0 Å². The SMILES string of the molecule is Cc1nccn1CCN(C)C(=O)C1CC(=O)N(CCN(C)C)C1. The van der Waals surface area contributed by atoms with E-state index in [0.717, 1.165) is 18.9 Å². The van der Waals surface area contributed by atoms with E-state index in [9.17, 15) is 9.59 Å². The lowest BCUT2D eigenvalue weighted by Gasteiger charge is -2.22. The van der Waals surface area contributed by atoms with Crippen molar-refractivity contribution in [2.45, 2.75) is 19.9 Å². The first-order valence-corrected chi connectivity index (χ1v) is 8.03. The molecular weight excluding hydrogens is 294 g/mol. The molecule has 0 saturated carbocycles. The largest absolute Gasteiger partial charge is 0.344 e. The van der Waals surface area contributed by atoms with Crippen LogP contribution < -0.4 is 0 Å². The maximum absolute atomic E-state index is 12.5. The van der Waals surface area contributed by atoms with E-state index in [0.29, 0.717) is 26.1 Å². The number of amides is 2. The van der Waals surface area contributed by atoms with Crippen molar-refractivity contribution in [3.63, 3.8) is 0 Å². The van der Waals surface area contributed by atoms with Crippen molar-refractivity contribution < 1.29 is 9.59 Å². The number of aromatic nitrogens is 2. The first-order valence-electron chi connectivity index (χ1n) is 8.03. The van der Waals surface area contributed by atoms with E-state index in [1.165, 1.54) is 0 Å². The van der Waals surface area contributed by atoms with Gasteiger partial charge in [-0.15, -0.1) is 0 Å². The zero-order valence-electron chi connectivity index (χ0n) is 14.5. The summed E-state index contributed by atoms with van der Waals surface area (Å²) in [6.45, 7) is 5.34. The number of hydrogen-bond donors (Lipinski definition) is 0. The summed E-state index contributed by atoms with van der Waals surface area (Å²) in [5.74, 6) is 0.878. The van der Waals surface area contributed by atoms with Crippen LogP contribution in [0.1, 0.15) is 12.2 Å². The van der Waals surface area contributed by atoms with Gasteiger partial charge >= 0.3 is 0 Å². The minimum atomic E-state index is -0.210. The Hall–Kier alpha value is -1.89. The van der Waals surface area contributed by atoms with Gasteiger partial charge in [0.2, 0.25) is 11.8 Å². The van der Waals surface area contributed by atoms with Crippen molar-refractivity contribution in [3.8, 4) is 0 Å². The van der Waals surface area contributed by atoms with Crippen molar-refractivity contribution in [2.24, 2.45) is 5.92 Å². The van der Waals surface area contributed by atoms with Gasteiger partial charge < -0.3 is 19.3 Å². The molecule has 0 aromatic carbocycles. The molecule has 1 unspecified atom stereocenters. The Morgan fingerprint density at radius 3 is 2.65 bits per heavy atom. The van der Waals surface area contributed by atoms with Gasteiger partial charge in [0.25, 0.3) is 0 Å². The standard InChI is InChI=1S/C16H27N5O2/c1-13-17-5-6-20(13)10-8-19(4)16(23)14-11-15(22)21(12-14)9-7-18(2)3/h5-6,14H,7-12H2,1-4H3. The number of likely N-dealkylation sites (N-methyl/N-ethyl adjacent to an activating group) is 2. The van der Waals surface area contributed by atoms with Gasteiger partial charge in [0.05, 0.1) is 5.92 Å². The summed E-state index contributed by atoms with van der Waals surface area (Å²) in [6, 6.07) is 0. The van der Waals surface area contributed by atoms with E-state index < -0.39 is 0 Å². The number of carbonyl (C=O) groups excluding carboxylic acids is 2. The fourth-order valence-electron chi connectivity index (χ4n) is 2.79. The molecule has 1 aliphatic heterocycles. The summed E-state index contributed by atoms with van der Waals surface area (Å²) < 4.78 is 2.02. The van der Waals surface area contributed by atoms with Crippen LogP contribution in [0.3, 0.4) is 0 Å². The Morgan fingerprint density at radius 2 is 2.04 bits per heavy atom. The molecule has 1 aliphatic rings. The highest BCUT2D eigenvalue weighted by Gasteiger charge is 2.35. The van der Waals surface area contributed by atoms with E-state index in [1.54, 1.807) is 16.0 Å². The molecule has 1 saturated heterocycles. The van der Waals surface area contributed by atoms with Crippen molar-refractivity contribution >= 4 is 11.8 Å². The monoisotopic (exact) mass is 321 g/mol. The van der Waals surface area contributed by atoms with Gasteiger partial charge in [-0.25, -0.2) is 4.98 Å². The van der Waals surface area contributed by atoms with Crippen LogP contribution in [0.15, 0.2) is 12.4 Å². The van der Waals surface area contributed by atoms with Gasteiger partial charge in [0.1, 0.15) is 5.82 Å². The molecule has 2 rings (SSSR count). The molecule has 0 spiro atoms. The van der Waals surface area contributed by atoms with Crippen LogP contribution in [0.25, 0.3) is 0 Å². The fourth-order valence-corrected chi connectivity index (χ4v) is 2.79. The maximum Gasteiger partial charge on any atom is 0.227 e. The minimum Gasteiger partial charge on any atom is -0.344 e. The predicted molar refractivity (Wildman–Crippen MR) is 87.8 cm³/mol. The second-order valence-corrected chi connectivity index (χ2v) is 6.47. The second kappa shape index (κ2) is 7.59. The van der Waals surface area contributed by atoms with E-state index >= 15 is 0 Å². The Balaban J connectivity index is 1.83. The minimum absolute atomic E-state index is 0.0588. The van der Waals surface area contributed by atoms with Gasteiger partial charge in [-0.1, -0.05) is 0 Å². The highest BCUT2D eigenvalue weighted by Crippen LogP contribution is 2.19. The predicted octanol–water partition coefficient (Wildman–Crippen LogP) is 0.0600. The van der Waals surface area contributed by atoms with Gasteiger partial charge in [0.15, 0.2) is 0 Å². The first kappa shape index (κ1) is 17.5. The van der Waals surface area contributed by atoms with E-state index in [2.05, 4.69) is 4.98 Å². The summed E-state index contributed by atoms with van der Waals surface area (Å²) >= 11 is 0. The van der Waals surface area contributed by atoms with Gasteiger partial charge in [-0.2, -0.15) is 0 Å². The zero-order valence-corrected chi connectivity index (χ0v) is 14.5. The number of hydrogen-bond acceptors (Lipinski definition) is 4. The van der Waals surface area contributed by atoms with Crippen LogP contribution in [0.4, 0.5) is 0 Å². The molecule has 7 heteroatoms. The Labute approximate surface area is 137 Å². The number of aryl methyl sites for hydroxylation is 1. The van der Waals surface area contributed by atoms with E-state index in [4.69, 9.17) is 0 Å². The summed E-state index contributed by atoms with van der Waals surface area (Å²) in [5.41, 5.74) is 0. The molecule has 7 nitrogen and oxygen atoms in total. The maximum atomic E-state index is 12.5. The molecule has 2 amide bonds. The number of likely N-dealkylation sites (tertiary alicyclic amines) is 1. The lowest BCUT2D eigenvalue weighted by atomic mass is 10.1. The first-order chi connectivity index (χ1) is 10.9. The van der Waals surface area contributed by atoms with Crippen LogP contribution in [0.2, 0.25) is 0 Å². The van der Waals surface area contributed by atoms with Crippen LogP contribution in [-0.4, -0.2) is 83.4 Å². The fraction of sp³-hybridized carbons (Fsp3) is 0.688. The molecule has 1 atom stereocenters. The highest BCUT2D eigenvalue weighted by molar-refractivity contribution is 5.89. The van der Waals surface area contributed by atoms with E-state index in [-0.39, 0.29) is 17.7 Å². The second-order valence-electron chi connectivity index (χ2n) is 6.47. The van der Waals surface area contributed by atoms with Crippen molar-refractivity contribution in [2.75, 3.05) is 47.3 Å². The summed E-state index contributed by atoms with van der Waals surface area (Å²) in [5, 5.41) is 0. The summed E-state index contributed by atoms with van der Waals surface area (Å²) in [7, 11) is 5.77. The molecule has 23 heavy (non-hydrogen) atoms. The van der Waals surface area contributed by atoms with Gasteiger partial charge in [0, 0.05) is 58.6 Å². The average molecular weight is 321 g/mol. The molecule has 128 valence electrons. The quantitative estimate of drug-likeness (QED) is 0.712. The molecule has 0 aliphatic carbocycles.